The standard InChI is InChI=1S/C22H29N3O3S/c26-22(23-17-12-11-15-6-1-2-7-16(15)14-17)19-9-5-13-25(19)21-18-8-3-4-10-20(18)29(27,28)24-21/h3-4,8,10,15-17,19H,1-2,5-7,9,11-14H2,(H,23,26)/t15-,16+,17+,19+/m0/s1. The van der Waals surface area contributed by atoms with Gasteiger partial charge in [-0.3, -0.25) is 4.79 Å². The molecule has 0 radical (unpaired) electrons. The molecule has 1 aromatic rings. The summed E-state index contributed by atoms with van der Waals surface area (Å²) < 4.78 is 28.9. The van der Waals surface area contributed by atoms with Gasteiger partial charge in [0.1, 0.15) is 10.9 Å². The lowest BCUT2D eigenvalue weighted by Gasteiger charge is -2.40. The molecule has 1 N–H and O–H groups in total. The van der Waals surface area contributed by atoms with Gasteiger partial charge in [0, 0.05) is 18.2 Å². The van der Waals surface area contributed by atoms with E-state index in [1.807, 2.05) is 11.0 Å². The number of carbonyl (C=O) groups excluding carboxylic acids is 1. The number of fused-ring (bicyclic) bond motifs is 2. The van der Waals surface area contributed by atoms with Crippen LogP contribution in [0, 0.1) is 11.8 Å². The average Bonchev–Trinajstić information content (AvgIpc) is 3.31. The predicted octanol–water partition coefficient (Wildman–Crippen LogP) is 3.08. The molecule has 2 heterocycles. The quantitative estimate of drug-likeness (QED) is 0.805. The van der Waals surface area contributed by atoms with Crippen LogP contribution in [-0.2, 0) is 14.8 Å². The Hall–Kier alpha value is -1.89. The summed E-state index contributed by atoms with van der Waals surface area (Å²) in [6, 6.07) is 6.84. The van der Waals surface area contributed by atoms with Crippen LogP contribution in [0.25, 0.3) is 0 Å². The number of carbonyl (C=O) groups is 1. The van der Waals surface area contributed by atoms with Crippen LogP contribution < -0.4 is 5.32 Å². The number of likely N-dealkylation sites (tertiary alicyclic amines) is 1. The Bertz CT molecular complexity index is 942. The molecule has 6 nitrogen and oxygen atoms in total. The summed E-state index contributed by atoms with van der Waals surface area (Å²) in [6.45, 7) is 0.663. The van der Waals surface area contributed by atoms with Gasteiger partial charge in [0.15, 0.2) is 5.84 Å². The zero-order chi connectivity index (χ0) is 20.0. The van der Waals surface area contributed by atoms with E-state index in [2.05, 4.69) is 9.71 Å². The highest BCUT2D eigenvalue weighted by Crippen LogP contribution is 2.40. The predicted molar refractivity (Wildman–Crippen MR) is 111 cm³/mol. The molecule has 0 spiro atoms. The lowest BCUT2D eigenvalue weighted by molar-refractivity contribution is -0.125. The van der Waals surface area contributed by atoms with Crippen molar-refractivity contribution in [3.05, 3.63) is 29.8 Å². The maximum absolute atomic E-state index is 13.2. The van der Waals surface area contributed by atoms with Crippen molar-refractivity contribution in [3.8, 4) is 0 Å². The van der Waals surface area contributed by atoms with Crippen molar-refractivity contribution < 1.29 is 13.2 Å². The van der Waals surface area contributed by atoms with E-state index in [4.69, 9.17) is 0 Å². The van der Waals surface area contributed by atoms with E-state index in [1.54, 1.807) is 18.2 Å². The molecular weight excluding hydrogens is 386 g/mol. The topological polar surface area (TPSA) is 78.8 Å². The molecule has 0 unspecified atom stereocenters. The zero-order valence-electron chi connectivity index (χ0n) is 16.7. The van der Waals surface area contributed by atoms with Crippen LogP contribution in [-0.4, -0.2) is 43.7 Å². The molecule has 2 aliphatic carbocycles. The van der Waals surface area contributed by atoms with E-state index in [0.717, 1.165) is 37.5 Å². The third-order valence-electron chi connectivity index (χ3n) is 7.33. The molecule has 5 rings (SSSR count). The third-order valence-corrected chi connectivity index (χ3v) is 8.65. The van der Waals surface area contributed by atoms with Gasteiger partial charge in [-0.2, -0.15) is 8.42 Å². The smallest absolute Gasteiger partial charge is 0.285 e. The van der Waals surface area contributed by atoms with Crippen LogP contribution in [0.3, 0.4) is 0 Å². The van der Waals surface area contributed by atoms with Gasteiger partial charge in [0.25, 0.3) is 10.0 Å². The van der Waals surface area contributed by atoms with Gasteiger partial charge in [0.2, 0.25) is 5.91 Å². The second-order valence-electron chi connectivity index (χ2n) is 9.06. The van der Waals surface area contributed by atoms with Crippen LogP contribution >= 0.6 is 0 Å². The van der Waals surface area contributed by atoms with E-state index in [9.17, 15) is 13.2 Å². The van der Waals surface area contributed by atoms with E-state index in [-0.39, 0.29) is 22.9 Å². The van der Waals surface area contributed by atoms with Gasteiger partial charge < -0.3 is 10.2 Å². The highest BCUT2D eigenvalue weighted by Gasteiger charge is 2.40. The fourth-order valence-electron chi connectivity index (χ4n) is 5.89. The number of amides is 1. The number of hydrogen-bond acceptors (Lipinski definition) is 4. The SMILES string of the molecule is O=C(N[C@@H]1CC[C@@H]2CCCC[C@@H]2C1)[C@H]1CCCN1C1=NS(=O)(=O)c2ccccc21. The van der Waals surface area contributed by atoms with Crippen molar-refractivity contribution in [3.63, 3.8) is 0 Å². The Morgan fingerprint density at radius 3 is 2.66 bits per heavy atom. The average molecular weight is 416 g/mol. The number of hydrogen-bond donors (Lipinski definition) is 1. The van der Waals surface area contributed by atoms with E-state index in [0.29, 0.717) is 17.9 Å². The van der Waals surface area contributed by atoms with Crippen molar-refractivity contribution in [1.82, 2.24) is 10.2 Å². The van der Waals surface area contributed by atoms with Crippen molar-refractivity contribution in [2.24, 2.45) is 16.2 Å². The second kappa shape index (κ2) is 7.42. The normalized spacial score (nSPS) is 33.0. The lowest BCUT2D eigenvalue weighted by atomic mass is 9.69. The summed E-state index contributed by atoms with van der Waals surface area (Å²) in [6.07, 6.45) is 10.4. The van der Waals surface area contributed by atoms with Crippen LogP contribution in [0.15, 0.2) is 33.6 Å². The van der Waals surface area contributed by atoms with Gasteiger partial charge in [0.05, 0.1) is 0 Å². The highest BCUT2D eigenvalue weighted by molar-refractivity contribution is 7.90. The molecule has 4 aliphatic rings. The molecule has 3 fully saturated rings. The molecule has 156 valence electrons. The third kappa shape index (κ3) is 3.47. The summed E-state index contributed by atoms with van der Waals surface area (Å²) in [5.74, 6) is 2.09. The molecular formula is C22H29N3O3S. The number of benzene rings is 1. The summed E-state index contributed by atoms with van der Waals surface area (Å²) >= 11 is 0. The van der Waals surface area contributed by atoms with E-state index in [1.165, 1.54) is 32.1 Å². The summed E-state index contributed by atoms with van der Waals surface area (Å²) in [5, 5.41) is 3.31. The van der Waals surface area contributed by atoms with Crippen LogP contribution in [0.4, 0.5) is 0 Å². The monoisotopic (exact) mass is 415 g/mol. The van der Waals surface area contributed by atoms with Gasteiger partial charge in [-0.05, 0) is 56.1 Å². The Labute approximate surface area is 172 Å². The summed E-state index contributed by atoms with van der Waals surface area (Å²) in [5.41, 5.74) is 0.620. The van der Waals surface area contributed by atoms with Gasteiger partial charge in [-0.1, -0.05) is 37.8 Å². The first kappa shape index (κ1) is 19.1. The largest absolute Gasteiger partial charge is 0.352 e. The fourth-order valence-corrected chi connectivity index (χ4v) is 7.11. The molecule has 1 aromatic carbocycles. The molecule has 29 heavy (non-hydrogen) atoms. The van der Waals surface area contributed by atoms with Crippen LogP contribution in [0.2, 0.25) is 0 Å². The molecule has 2 aliphatic heterocycles. The minimum atomic E-state index is -3.67. The molecule has 0 bridgehead atoms. The first-order valence-electron chi connectivity index (χ1n) is 11.0. The Kier molecular flexibility index (Phi) is 4.88. The maximum atomic E-state index is 13.2. The van der Waals surface area contributed by atoms with Gasteiger partial charge in [-0.25, -0.2) is 0 Å². The first-order chi connectivity index (χ1) is 14.0. The minimum Gasteiger partial charge on any atom is -0.352 e. The van der Waals surface area contributed by atoms with Crippen molar-refractivity contribution in [2.75, 3.05) is 6.54 Å². The fraction of sp³-hybridized carbons (Fsp3) is 0.636. The van der Waals surface area contributed by atoms with E-state index >= 15 is 0 Å². The molecule has 1 saturated heterocycles. The van der Waals surface area contributed by atoms with Crippen molar-refractivity contribution in [1.29, 1.82) is 0 Å². The van der Waals surface area contributed by atoms with Crippen molar-refractivity contribution >= 4 is 21.8 Å². The van der Waals surface area contributed by atoms with Crippen LogP contribution in [0.5, 0.6) is 0 Å². The molecule has 2 saturated carbocycles. The second-order valence-corrected chi connectivity index (χ2v) is 10.6. The zero-order valence-corrected chi connectivity index (χ0v) is 17.5. The van der Waals surface area contributed by atoms with Crippen molar-refractivity contribution in [2.45, 2.75) is 74.8 Å². The summed E-state index contributed by atoms with van der Waals surface area (Å²) in [4.78, 5) is 15.3. The van der Waals surface area contributed by atoms with Crippen LogP contribution in [0.1, 0.15) is 63.4 Å². The maximum Gasteiger partial charge on any atom is 0.285 e. The van der Waals surface area contributed by atoms with Gasteiger partial charge in [-0.15, -0.1) is 4.40 Å². The number of sulfonamides is 1. The lowest BCUT2D eigenvalue weighted by Crippen LogP contribution is -2.50. The minimum absolute atomic E-state index is 0.0336. The molecule has 1 amide bonds. The molecule has 0 aromatic heterocycles. The Balaban J connectivity index is 1.31. The Morgan fingerprint density at radius 1 is 1.00 bits per heavy atom. The summed E-state index contributed by atoms with van der Waals surface area (Å²) in [7, 11) is -3.67. The number of nitrogens with zero attached hydrogens (tertiary/aromatic N) is 2. The Morgan fingerprint density at radius 2 is 1.79 bits per heavy atom. The number of amidine groups is 1. The first-order valence-corrected chi connectivity index (χ1v) is 12.5. The van der Waals surface area contributed by atoms with Gasteiger partial charge >= 0.3 is 0 Å². The molecule has 7 heteroatoms. The highest BCUT2D eigenvalue weighted by atomic mass is 32.2. The number of nitrogens with one attached hydrogen (secondary N) is 1. The molecule has 4 atom stereocenters. The number of rotatable bonds is 2. The van der Waals surface area contributed by atoms with E-state index < -0.39 is 10.0 Å².